The molecule has 5 rings (SSSR count). The third kappa shape index (κ3) is 1.99. The van der Waals surface area contributed by atoms with Gasteiger partial charge in [-0.05, 0) is 67.3 Å². The van der Waals surface area contributed by atoms with Gasteiger partial charge in [0.15, 0.2) is 5.78 Å². The van der Waals surface area contributed by atoms with Gasteiger partial charge in [0.1, 0.15) is 5.78 Å². The number of carbonyl (C=O) groups excluding carboxylic acids is 3. The van der Waals surface area contributed by atoms with Crippen molar-refractivity contribution in [2.24, 2.45) is 34.0 Å². The molecule has 4 heteroatoms. The van der Waals surface area contributed by atoms with Crippen LogP contribution in [0, 0.1) is 34.0 Å². The maximum atomic E-state index is 13.2. The summed E-state index contributed by atoms with van der Waals surface area (Å²) in [5.41, 5.74) is 2.00. The number of Topliss-reactive ketones (excluding diaryl/α,β-unsaturated/α-hetero) is 1. The fraction of sp³-hybridized carbons (Fsp3) is 0.708. The summed E-state index contributed by atoms with van der Waals surface area (Å²) in [5.74, 6) is 0.483. The Morgan fingerprint density at radius 1 is 1.14 bits per heavy atom. The van der Waals surface area contributed by atoms with Gasteiger partial charge in [0.25, 0.3) is 0 Å². The molecular formula is C24H30O4. The first-order valence-electron chi connectivity index (χ1n) is 10.8. The lowest BCUT2D eigenvalue weighted by Gasteiger charge is -2.58. The SMILES string of the molecule is COC(=O)[C@@H]1CC2=CC(=O)CCC2(C)C2CCC34C(=O)CC[C@]3(C)CC=C4C21. The topological polar surface area (TPSA) is 60.4 Å². The van der Waals surface area contributed by atoms with Crippen molar-refractivity contribution in [3.05, 3.63) is 23.3 Å². The van der Waals surface area contributed by atoms with Gasteiger partial charge in [0.2, 0.25) is 0 Å². The lowest BCUT2D eigenvalue weighted by atomic mass is 9.44. The Morgan fingerprint density at radius 3 is 2.68 bits per heavy atom. The van der Waals surface area contributed by atoms with E-state index in [0.717, 1.165) is 37.7 Å². The highest BCUT2D eigenvalue weighted by molar-refractivity contribution is 5.94. The number of fused-ring (bicyclic) bond motifs is 4. The van der Waals surface area contributed by atoms with E-state index in [0.29, 0.717) is 31.0 Å². The fourth-order valence-corrected chi connectivity index (χ4v) is 7.87. The van der Waals surface area contributed by atoms with E-state index < -0.39 is 0 Å². The number of ether oxygens (including phenoxy) is 1. The minimum absolute atomic E-state index is 0.0185. The molecule has 1 spiro atoms. The molecule has 0 aliphatic heterocycles. The zero-order valence-electron chi connectivity index (χ0n) is 17.2. The van der Waals surface area contributed by atoms with Gasteiger partial charge in [-0.15, -0.1) is 0 Å². The van der Waals surface area contributed by atoms with Crippen LogP contribution < -0.4 is 0 Å². The normalized spacial score (nSPS) is 46.8. The molecule has 0 bridgehead atoms. The van der Waals surface area contributed by atoms with E-state index in [1.54, 1.807) is 0 Å². The minimum atomic E-state index is -0.359. The van der Waals surface area contributed by atoms with E-state index >= 15 is 0 Å². The minimum Gasteiger partial charge on any atom is -0.469 e. The van der Waals surface area contributed by atoms with Crippen molar-refractivity contribution in [1.82, 2.24) is 0 Å². The molecule has 0 aromatic rings. The molecular weight excluding hydrogens is 352 g/mol. The fourth-order valence-electron chi connectivity index (χ4n) is 7.87. The molecule has 5 aliphatic carbocycles. The lowest BCUT2D eigenvalue weighted by Crippen LogP contribution is -2.55. The highest BCUT2D eigenvalue weighted by atomic mass is 16.5. The zero-order chi connectivity index (χ0) is 19.9. The van der Waals surface area contributed by atoms with Gasteiger partial charge in [-0.1, -0.05) is 31.1 Å². The highest BCUT2D eigenvalue weighted by Gasteiger charge is 2.68. The Hall–Kier alpha value is -1.71. The van der Waals surface area contributed by atoms with Crippen LogP contribution in [-0.4, -0.2) is 24.6 Å². The third-order valence-corrected chi connectivity index (χ3v) is 9.45. The van der Waals surface area contributed by atoms with E-state index in [4.69, 9.17) is 4.74 Å². The number of allylic oxidation sites excluding steroid dienone is 4. The number of hydrogen-bond acceptors (Lipinski definition) is 4. The Kier molecular flexibility index (Phi) is 3.71. The Balaban J connectivity index is 1.65. The number of ketones is 2. The zero-order valence-corrected chi connectivity index (χ0v) is 17.2. The number of hydrogen-bond donors (Lipinski definition) is 0. The first kappa shape index (κ1) is 18.3. The molecule has 0 aromatic heterocycles. The number of methoxy groups -OCH3 is 1. The van der Waals surface area contributed by atoms with Crippen LogP contribution in [0.3, 0.4) is 0 Å². The van der Waals surface area contributed by atoms with Crippen LogP contribution in [0.15, 0.2) is 23.3 Å². The molecule has 0 heterocycles. The molecule has 0 N–H and O–H groups in total. The maximum absolute atomic E-state index is 13.2. The van der Waals surface area contributed by atoms with E-state index in [1.807, 2.05) is 6.08 Å². The Bertz CT molecular complexity index is 851. The summed E-state index contributed by atoms with van der Waals surface area (Å²) in [7, 11) is 1.46. The quantitative estimate of drug-likeness (QED) is 0.504. The molecule has 3 saturated carbocycles. The molecule has 150 valence electrons. The van der Waals surface area contributed by atoms with Gasteiger partial charge >= 0.3 is 5.97 Å². The van der Waals surface area contributed by atoms with E-state index in [9.17, 15) is 14.4 Å². The summed E-state index contributed by atoms with van der Waals surface area (Å²) in [4.78, 5) is 38.2. The predicted octanol–water partition coefficient (Wildman–Crippen LogP) is 4.19. The molecule has 6 atom stereocenters. The van der Waals surface area contributed by atoms with Gasteiger partial charge in [0.05, 0.1) is 18.4 Å². The van der Waals surface area contributed by atoms with Crippen LogP contribution in [-0.2, 0) is 19.1 Å². The maximum Gasteiger partial charge on any atom is 0.309 e. The molecule has 3 fully saturated rings. The van der Waals surface area contributed by atoms with Crippen molar-refractivity contribution in [2.45, 2.75) is 65.2 Å². The smallest absolute Gasteiger partial charge is 0.309 e. The number of esters is 1. The summed E-state index contributed by atoms with van der Waals surface area (Å²) in [6.07, 6.45) is 10.6. The van der Waals surface area contributed by atoms with Crippen molar-refractivity contribution in [3.8, 4) is 0 Å². The molecule has 4 nitrogen and oxygen atoms in total. The molecule has 0 radical (unpaired) electrons. The molecule has 5 aliphatic rings. The second kappa shape index (κ2) is 5.67. The van der Waals surface area contributed by atoms with Crippen molar-refractivity contribution in [3.63, 3.8) is 0 Å². The van der Waals surface area contributed by atoms with Crippen LogP contribution in [0.4, 0.5) is 0 Å². The number of carbonyl (C=O) groups is 3. The Labute approximate surface area is 166 Å². The highest BCUT2D eigenvalue weighted by Crippen LogP contribution is 2.72. The van der Waals surface area contributed by atoms with E-state index in [1.165, 1.54) is 12.7 Å². The second-order valence-corrected chi connectivity index (χ2v) is 10.3. The lowest BCUT2D eigenvalue weighted by molar-refractivity contribution is -0.153. The number of rotatable bonds is 1. The van der Waals surface area contributed by atoms with Crippen LogP contribution in [0.25, 0.3) is 0 Å². The van der Waals surface area contributed by atoms with Crippen molar-refractivity contribution < 1.29 is 19.1 Å². The molecule has 0 amide bonds. The molecule has 0 saturated heterocycles. The van der Waals surface area contributed by atoms with Crippen molar-refractivity contribution in [2.75, 3.05) is 7.11 Å². The first-order valence-corrected chi connectivity index (χ1v) is 10.8. The second-order valence-electron chi connectivity index (χ2n) is 10.3. The van der Waals surface area contributed by atoms with Crippen molar-refractivity contribution in [1.29, 1.82) is 0 Å². The van der Waals surface area contributed by atoms with Gasteiger partial charge in [-0.3, -0.25) is 14.4 Å². The summed E-state index contributed by atoms with van der Waals surface area (Å²) in [5, 5.41) is 0. The van der Waals surface area contributed by atoms with Gasteiger partial charge in [0, 0.05) is 12.8 Å². The Morgan fingerprint density at radius 2 is 1.93 bits per heavy atom. The first-order chi connectivity index (χ1) is 13.3. The predicted molar refractivity (Wildman–Crippen MR) is 104 cm³/mol. The summed E-state index contributed by atoms with van der Waals surface area (Å²) < 4.78 is 5.22. The average molecular weight is 383 g/mol. The monoisotopic (exact) mass is 382 g/mol. The molecule has 28 heavy (non-hydrogen) atoms. The molecule has 4 unspecified atom stereocenters. The summed E-state index contributed by atoms with van der Waals surface area (Å²) in [6, 6.07) is 0. The third-order valence-electron chi connectivity index (χ3n) is 9.45. The standard InChI is InChI=1S/C24H30O4/c1-22-8-5-18-20-16(21(27)28-3)13-14-12-15(25)4-10-23(14,2)17(20)6-11-24(18,22)19(26)7-9-22/h5,12,16-17,20H,4,6-11,13H2,1-3H3/t16-,17?,20?,22+,23?,24?/m1/s1. The van der Waals surface area contributed by atoms with Gasteiger partial charge < -0.3 is 4.74 Å². The summed E-state index contributed by atoms with van der Waals surface area (Å²) in [6.45, 7) is 4.57. The van der Waals surface area contributed by atoms with E-state index in [2.05, 4.69) is 19.9 Å². The van der Waals surface area contributed by atoms with Gasteiger partial charge in [-0.25, -0.2) is 0 Å². The van der Waals surface area contributed by atoms with Crippen LogP contribution in [0.1, 0.15) is 65.2 Å². The van der Waals surface area contributed by atoms with Crippen LogP contribution >= 0.6 is 0 Å². The van der Waals surface area contributed by atoms with Gasteiger partial charge in [-0.2, -0.15) is 0 Å². The average Bonchev–Trinajstić information content (AvgIpc) is 3.11. The van der Waals surface area contributed by atoms with Crippen molar-refractivity contribution >= 4 is 17.5 Å². The van der Waals surface area contributed by atoms with Crippen LogP contribution in [0.5, 0.6) is 0 Å². The largest absolute Gasteiger partial charge is 0.469 e. The van der Waals surface area contributed by atoms with Crippen LogP contribution in [0.2, 0.25) is 0 Å². The van der Waals surface area contributed by atoms with E-state index in [-0.39, 0.29) is 39.8 Å². The summed E-state index contributed by atoms with van der Waals surface area (Å²) >= 11 is 0. The molecule has 0 aromatic carbocycles.